The molecular weight excluding hydrogens is 248 g/mol. The summed E-state index contributed by atoms with van der Waals surface area (Å²) in [4.78, 5) is -0.0791. The van der Waals surface area contributed by atoms with E-state index in [0.29, 0.717) is 0 Å². The minimum atomic E-state index is -4.16. The van der Waals surface area contributed by atoms with E-state index >= 15 is 0 Å². The van der Waals surface area contributed by atoms with Gasteiger partial charge in [-0.1, -0.05) is 35.9 Å². The van der Waals surface area contributed by atoms with Gasteiger partial charge in [-0.3, -0.25) is 4.55 Å². The van der Waals surface area contributed by atoms with Gasteiger partial charge in [0.25, 0.3) is 10.1 Å². The predicted molar refractivity (Wildman–Crippen MR) is 71.2 cm³/mol. The summed E-state index contributed by atoms with van der Waals surface area (Å²) in [5.41, 5.74) is 3.82. The molecule has 0 atom stereocenters. The zero-order valence-electron chi connectivity index (χ0n) is 10.2. The van der Waals surface area contributed by atoms with Crippen LogP contribution in [0.4, 0.5) is 0 Å². The molecule has 0 aliphatic carbocycles. The van der Waals surface area contributed by atoms with Crippen molar-refractivity contribution in [3.05, 3.63) is 53.6 Å². The zero-order valence-corrected chi connectivity index (χ0v) is 11.0. The van der Waals surface area contributed by atoms with Crippen LogP contribution in [0.2, 0.25) is 0 Å². The Balaban J connectivity index is 2.64. The second-order valence-electron chi connectivity index (χ2n) is 4.32. The highest BCUT2D eigenvalue weighted by Crippen LogP contribution is 2.26. The predicted octanol–water partition coefficient (Wildman–Crippen LogP) is 3.22. The summed E-state index contributed by atoms with van der Waals surface area (Å²) in [6, 6.07) is 12.4. The molecule has 94 valence electrons. The van der Waals surface area contributed by atoms with Crippen LogP contribution in [0.25, 0.3) is 11.1 Å². The molecule has 0 radical (unpaired) electrons. The number of hydrogen-bond acceptors (Lipinski definition) is 2. The lowest BCUT2D eigenvalue weighted by molar-refractivity contribution is 0.483. The van der Waals surface area contributed by atoms with E-state index in [0.717, 1.165) is 22.3 Å². The first-order valence-electron chi connectivity index (χ1n) is 5.53. The third kappa shape index (κ3) is 2.60. The van der Waals surface area contributed by atoms with Crippen LogP contribution in [-0.2, 0) is 10.1 Å². The molecule has 0 saturated heterocycles. The molecule has 0 bridgehead atoms. The number of benzene rings is 2. The normalized spacial score (nSPS) is 11.5. The molecule has 1 N–H and O–H groups in total. The largest absolute Gasteiger partial charge is 0.294 e. The molecule has 0 amide bonds. The van der Waals surface area contributed by atoms with E-state index in [9.17, 15) is 8.42 Å². The molecule has 0 spiro atoms. The van der Waals surface area contributed by atoms with Crippen LogP contribution < -0.4 is 0 Å². The number of rotatable bonds is 2. The Bertz CT molecular complexity index is 688. The summed E-state index contributed by atoms with van der Waals surface area (Å²) in [6.45, 7) is 3.89. The summed E-state index contributed by atoms with van der Waals surface area (Å²) < 4.78 is 31.4. The van der Waals surface area contributed by atoms with Crippen molar-refractivity contribution in [3.63, 3.8) is 0 Å². The van der Waals surface area contributed by atoms with E-state index in [1.54, 1.807) is 6.07 Å². The Labute approximate surface area is 107 Å². The molecule has 0 aliphatic heterocycles. The molecule has 18 heavy (non-hydrogen) atoms. The standard InChI is InChI=1S/C14H14O3S/c1-10-4-3-5-12(8-10)14-9-13(18(15,16)17)7-6-11(14)2/h3-9H,1-2H3,(H,15,16,17). The average molecular weight is 262 g/mol. The van der Waals surface area contributed by atoms with Crippen molar-refractivity contribution in [1.82, 2.24) is 0 Å². The number of aryl methyl sites for hydroxylation is 2. The first-order valence-corrected chi connectivity index (χ1v) is 6.97. The van der Waals surface area contributed by atoms with E-state index in [4.69, 9.17) is 4.55 Å². The molecule has 0 fully saturated rings. The minimum absolute atomic E-state index is 0.0791. The summed E-state index contributed by atoms with van der Waals surface area (Å²) in [5.74, 6) is 0. The van der Waals surface area contributed by atoms with Gasteiger partial charge in [0.1, 0.15) is 0 Å². The quantitative estimate of drug-likeness (QED) is 0.845. The van der Waals surface area contributed by atoms with Crippen LogP contribution in [0.15, 0.2) is 47.4 Å². The molecule has 0 heterocycles. The van der Waals surface area contributed by atoms with Crippen molar-refractivity contribution in [2.45, 2.75) is 18.7 Å². The fraction of sp³-hybridized carbons (Fsp3) is 0.143. The highest BCUT2D eigenvalue weighted by molar-refractivity contribution is 7.85. The van der Waals surface area contributed by atoms with Crippen LogP contribution in [0.3, 0.4) is 0 Å². The lowest BCUT2D eigenvalue weighted by Gasteiger charge is -2.08. The smallest absolute Gasteiger partial charge is 0.282 e. The lowest BCUT2D eigenvalue weighted by Crippen LogP contribution is -1.99. The van der Waals surface area contributed by atoms with Crippen molar-refractivity contribution in [2.75, 3.05) is 0 Å². The second-order valence-corrected chi connectivity index (χ2v) is 5.74. The Morgan fingerprint density at radius 3 is 2.33 bits per heavy atom. The Kier molecular flexibility index (Phi) is 3.24. The van der Waals surface area contributed by atoms with Crippen molar-refractivity contribution >= 4 is 10.1 Å². The van der Waals surface area contributed by atoms with Gasteiger partial charge in [-0.2, -0.15) is 8.42 Å². The van der Waals surface area contributed by atoms with Gasteiger partial charge < -0.3 is 0 Å². The van der Waals surface area contributed by atoms with Gasteiger partial charge in [-0.25, -0.2) is 0 Å². The van der Waals surface area contributed by atoms with Gasteiger partial charge in [0.2, 0.25) is 0 Å². The molecule has 0 aromatic heterocycles. The van der Waals surface area contributed by atoms with Crippen molar-refractivity contribution in [2.24, 2.45) is 0 Å². The van der Waals surface area contributed by atoms with Crippen LogP contribution in [0.1, 0.15) is 11.1 Å². The lowest BCUT2D eigenvalue weighted by atomic mass is 9.99. The van der Waals surface area contributed by atoms with Crippen molar-refractivity contribution in [1.29, 1.82) is 0 Å². The third-order valence-electron chi connectivity index (χ3n) is 2.84. The van der Waals surface area contributed by atoms with Gasteiger partial charge in [0, 0.05) is 0 Å². The summed E-state index contributed by atoms with van der Waals surface area (Å²) in [7, 11) is -4.16. The maximum atomic E-state index is 11.2. The maximum absolute atomic E-state index is 11.2. The monoisotopic (exact) mass is 262 g/mol. The van der Waals surface area contributed by atoms with Crippen LogP contribution in [-0.4, -0.2) is 13.0 Å². The third-order valence-corrected chi connectivity index (χ3v) is 3.69. The fourth-order valence-corrected chi connectivity index (χ4v) is 2.39. The SMILES string of the molecule is Cc1cccc(-c2cc(S(=O)(=O)O)ccc2C)c1. The van der Waals surface area contributed by atoms with Crippen molar-refractivity contribution in [3.8, 4) is 11.1 Å². The van der Waals surface area contributed by atoms with E-state index in [1.807, 2.05) is 38.1 Å². The van der Waals surface area contributed by atoms with E-state index in [-0.39, 0.29) is 4.90 Å². The van der Waals surface area contributed by atoms with Gasteiger partial charge in [-0.05, 0) is 42.7 Å². The molecule has 0 aliphatic rings. The van der Waals surface area contributed by atoms with Crippen molar-refractivity contribution < 1.29 is 13.0 Å². The van der Waals surface area contributed by atoms with E-state index in [2.05, 4.69) is 0 Å². The highest BCUT2D eigenvalue weighted by Gasteiger charge is 2.12. The molecule has 2 rings (SSSR count). The van der Waals surface area contributed by atoms with E-state index in [1.165, 1.54) is 12.1 Å². The van der Waals surface area contributed by atoms with Crippen LogP contribution >= 0.6 is 0 Å². The van der Waals surface area contributed by atoms with E-state index < -0.39 is 10.1 Å². The molecule has 4 heteroatoms. The molecule has 0 saturated carbocycles. The van der Waals surface area contributed by atoms with Crippen LogP contribution in [0.5, 0.6) is 0 Å². The Morgan fingerprint density at radius 2 is 1.72 bits per heavy atom. The topological polar surface area (TPSA) is 54.4 Å². The van der Waals surface area contributed by atoms with Crippen LogP contribution in [0, 0.1) is 13.8 Å². The molecule has 2 aromatic carbocycles. The molecule has 0 unspecified atom stereocenters. The summed E-state index contributed by atoms with van der Waals surface area (Å²) >= 11 is 0. The fourth-order valence-electron chi connectivity index (χ4n) is 1.89. The first kappa shape index (κ1) is 12.8. The Morgan fingerprint density at radius 1 is 1.00 bits per heavy atom. The molecular formula is C14H14O3S. The van der Waals surface area contributed by atoms with Gasteiger partial charge >= 0.3 is 0 Å². The van der Waals surface area contributed by atoms with Gasteiger partial charge in [0.15, 0.2) is 0 Å². The molecule has 3 nitrogen and oxygen atoms in total. The first-order chi connectivity index (χ1) is 8.38. The second kappa shape index (κ2) is 4.55. The average Bonchev–Trinajstić information content (AvgIpc) is 2.28. The van der Waals surface area contributed by atoms with Gasteiger partial charge in [-0.15, -0.1) is 0 Å². The minimum Gasteiger partial charge on any atom is -0.282 e. The van der Waals surface area contributed by atoms with Gasteiger partial charge in [0.05, 0.1) is 4.90 Å². The summed E-state index contributed by atoms with van der Waals surface area (Å²) in [5, 5.41) is 0. The maximum Gasteiger partial charge on any atom is 0.294 e. The zero-order chi connectivity index (χ0) is 13.3. The number of hydrogen-bond donors (Lipinski definition) is 1. The Hall–Kier alpha value is -1.65. The highest BCUT2D eigenvalue weighted by atomic mass is 32.2. The summed E-state index contributed by atoms with van der Waals surface area (Å²) in [6.07, 6.45) is 0. The molecule has 2 aromatic rings.